The number of amides is 1. The average molecular weight is 396 g/mol. The Balaban J connectivity index is 1.70. The molecule has 4 rings (SSSR count). The van der Waals surface area contributed by atoms with Crippen LogP contribution in [0.3, 0.4) is 0 Å². The molecule has 6 nitrogen and oxygen atoms in total. The van der Waals surface area contributed by atoms with Crippen molar-refractivity contribution < 1.29 is 18.0 Å². The molecule has 148 valence electrons. The van der Waals surface area contributed by atoms with E-state index in [0.29, 0.717) is 22.7 Å². The van der Waals surface area contributed by atoms with E-state index in [1.165, 1.54) is 17.0 Å². The molecule has 4 aromatic rings. The summed E-state index contributed by atoms with van der Waals surface area (Å²) >= 11 is 0. The summed E-state index contributed by atoms with van der Waals surface area (Å²) in [4.78, 5) is 16.9. The highest BCUT2D eigenvalue weighted by Crippen LogP contribution is 2.32. The highest BCUT2D eigenvalue weighted by molar-refractivity contribution is 5.87. The number of hydrogen-bond donors (Lipinski definition) is 1. The Morgan fingerprint density at radius 1 is 1.21 bits per heavy atom. The molecule has 0 aliphatic rings. The second-order valence-electron chi connectivity index (χ2n) is 6.56. The fraction of sp³-hybridized carbons (Fsp3) is 0.190. The second-order valence-corrected chi connectivity index (χ2v) is 6.56. The minimum atomic E-state index is -2.69. The number of fused-ring (bicyclic) bond motifs is 1. The molecule has 1 amide bonds. The number of carbonyl (C=O) groups is 1. The molecule has 3 aromatic heterocycles. The fourth-order valence-corrected chi connectivity index (χ4v) is 3.22. The van der Waals surface area contributed by atoms with Gasteiger partial charge in [0.05, 0.1) is 29.6 Å². The number of furan rings is 1. The van der Waals surface area contributed by atoms with Gasteiger partial charge in [0.2, 0.25) is 5.91 Å². The molecular weight excluding hydrogens is 378 g/mol. The van der Waals surface area contributed by atoms with Crippen molar-refractivity contribution in [1.82, 2.24) is 20.1 Å². The second kappa shape index (κ2) is 7.83. The topological polar surface area (TPSA) is 73.0 Å². The molecule has 29 heavy (non-hydrogen) atoms. The van der Waals surface area contributed by atoms with Crippen molar-refractivity contribution in [2.75, 3.05) is 0 Å². The molecule has 1 aromatic carbocycles. The molecular formula is C21H18F2N4O2. The molecule has 0 spiro atoms. The summed E-state index contributed by atoms with van der Waals surface area (Å²) < 4.78 is 34.1. The number of halogens is 2. The van der Waals surface area contributed by atoms with E-state index in [1.807, 2.05) is 18.2 Å². The van der Waals surface area contributed by atoms with Crippen LogP contribution in [0.15, 0.2) is 59.2 Å². The number of benzene rings is 1. The number of aromatic nitrogens is 3. The van der Waals surface area contributed by atoms with E-state index in [4.69, 9.17) is 4.42 Å². The van der Waals surface area contributed by atoms with Crippen LogP contribution in [-0.4, -0.2) is 20.7 Å². The van der Waals surface area contributed by atoms with E-state index in [9.17, 15) is 13.6 Å². The van der Waals surface area contributed by atoms with Gasteiger partial charge in [-0.2, -0.15) is 5.10 Å². The highest BCUT2D eigenvalue weighted by atomic mass is 19.3. The molecule has 0 aliphatic carbocycles. The van der Waals surface area contributed by atoms with Gasteiger partial charge in [0, 0.05) is 11.1 Å². The maximum atomic E-state index is 13.8. The van der Waals surface area contributed by atoms with Crippen LogP contribution in [-0.2, 0) is 17.9 Å². The van der Waals surface area contributed by atoms with Gasteiger partial charge in [-0.15, -0.1) is 0 Å². The lowest BCUT2D eigenvalue weighted by Gasteiger charge is -2.09. The van der Waals surface area contributed by atoms with Gasteiger partial charge >= 0.3 is 0 Å². The summed E-state index contributed by atoms with van der Waals surface area (Å²) in [6, 6.07) is 13.9. The zero-order chi connectivity index (χ0) is 20.4. The van der Waals surface area contributed by atoms with Gasteiger partial charge in [0.15, 0.2) is 5.65 Å². The summed E-state index contributed by atoms with van der Waals surface area (Å²) in [5, 5.41) is 7.29. The molecule has 0 saturated heterocycles. The third-order valence-corrected chi connectivity index (χ3v) is 4.55. The number of aryl methyl sites for hydroxylation is 1. The highest BCUT2D eigenvalue weighted by Gasteiger charge is 2.22. The van der Waals surface area contributed by atoms with Crippen LogP contribution in [0.5, 0.6) is 0 Å². The van der Waals surface area contributed by atoms with Gasteiger partial charge in [-0.25, -0.2) is 18.4 Å². The zero-order valence-electron chi connectivity index (χ0n) is 15.6. The lowest BCUT2D eigenvalue weighted by atomic mass is 10.1. The van der Waals surface area contributed by atoms with Gasteiger partial charge in [-0.05, 0) is 25.1 Å². The number of pyridine rings is 1. The van der Waals surface area contributed by atoms with Gasteiger partial charge in [0.25, 0.3) is 6.43 Å². The minimum Gasteiger partial charge on any atom is -0.467 e. The van der Waals surface area contributed by atoms with Crippen molar-refractivity contribution in [2.45, 2.75) is 26.4 Å². The Morgan fingerprint density at radius 2 is 2.00 bits per heavy atom. The first-order chi connectivity index (χ1) is 14.0. The third-order valence-electron chi connectivity index (χ3n) is 4.55. The Bertz CT molecular complexity index is 1140. The monoisotopic (exact) mass is 396 g/mol. The average Bonchev–Trinajstić information content (AvgIpc) is 3.35. The van der Waals surface area contributed by atoms with E-state index >= 15 is 0 Å². The SMILES string of the molecule is Cc1nn(CC(=O)NCc2ccco2)c2nc(-c3ccccc3)cc(C(F)F)c12. The van der Waals surface area contributed by atoms with Crippen molar-refractivity contribution in [3.8, 4) is 11.3 Å². The van der Waals surface area contributed by atoms with Gasteiger partial charge in [0.1, 0.15) is 12.3 Å². The Labute approximate surface area is 165 Å². The maximum absolute atomic E-state index is 13.8. The van der Waals surface area contributed by atoms with Crippen molar-refractivity contribution in [3.63, 3.8) is 0 Å². The smallest absolute Gasteiger partial charge is 0.264 e. The molecule has 0 fully saturated rings. The number of alkyl halides is 2. The first-order valence-electron chi connectivity index (χ1n) is 9.03. The summed E-state index contributed by atoms with van der Waals surface area (Å²) in [5.74, 6) is 0.292. The summed E-state index contributed by atoms with van der Waals surface area (Å²) in [7, 11) is 0. The number of nitrogens with one attached hydrogen (secondary N) is 1. The summed E-state index contributed by atoms with van der Waals surface area (Å²) in [5.41, 5.74) is 1.64. The lowest BCUT2D eigenvalue weighted by molar-refractivity contribution is -0.122. The van der Waals surface area contributed by atoms with Crippen molar-refractivity contribution in [2.24, 2.45) is 0 Å². The zero-order valence-corrected chi connectivity index (χ0v) is 15.6. The molecule has 0 unspecified atom stereocenters. The maximum Gasteiger partial charge on any atom is 0.264 e. The first kappa shape index (κ1) is 18.8. The standard InChI is InChI=1S/C21H18F2N4O2/c1-13-19-16(20(22)23)10-17(14-6-3-2-4-7-14)25-21(19)27(26-13)12-18(28)24-11-15-8-5-9-29-15/h2-10,20H,11-12H2,1H3,(H,24,28). The molecule has 0 aliphatic heterocycles. The van der Waals surface area contributed by atoms with Crippen molar-refractivity contribution >= 4 is 16.9 Å². The Hall–Kier alpha value is -3.55. The molecule has 0 radical (unpaired) electrons. The third kappa shape index (κ3) is 3.87. The van der Waals surface area contributed by atoms with E-state index in [-0.39, 0.29) is 35.6 Å². The summed E-state index contributed by atoms with van der Waals surface area (Å²) in [6.45, 7) is 1.73. The van der Waals surface area contributed by atoms with Crippen LogP contribution in [0.2, 0.25) is 0 Å². The Kier molecular flexibility index (Phi) is 5.07. The number of hydrogen-bond acceptors (Lipinski definition) is 4. The first-order valence-corrected chi connectivity index (χ1v) is 9.03. The van der Waals surface area contributed by atoms with Crippen LogP contribution in [0, 0.1) is 6.92 Å². The normalized spacial score (nSPS) is 11.3. The molecule has 1 N–H and O–H groups in total. The van der Waals surface area contributed by atoms with Gasteiger partial charge in [-0.1, -0.05) is 30.3 Å². The molecule has 3 heterocycles. The molecule has 0 atom stereocenters. The van der Waals surface area contributed by atoms with Crippen molar-refractivity contribution in [3.05, 3.63) is 71.8 Å². The lowest BCUT2D eigenvalue weighted by Crippen LogP contribution is -2.27. The fourth-order valence-electron chi connectivity index (χ4n) is 3.22. The van der Waals surface area contributed by atoms with Gasteiger partial charge < -0.3 is 9.73 Å². The number of nitrogens with zero attached hydrogens (tertiary/aromatic N) is 3. The quantitative estimate of drug-likeness (QED) is 0.529. The summed E-state index contributed by atoms with van der Waals surface area (Å²) in [6.07, 6.45) is -1.17. The van der Waals surface area contributed by atoms with Crippen LogP contribution in [0.1, 0.15) is 23.4 Å². The van der Waals surface area contributed by atoms with E-state index < -0.39 is 6.43 Å². The van der Waals surface area contributed by atoms with Crippen molar-refractivity contribution in [1.29, 1.82) is 0 Å². The van der Waals surface area contributed by atoms with Crippen LogP contribution in [0.4, 0.5) is 8.78 Å². The molecule has 0 bridgehead atoms. The van der Waals surface area contributed by atoms with Gasteiger partial charge in [-0.3, -0.25) is 4.79 Å². The van der Waals surface area contributed by atoms with Crippen LogP contribution < -0.4 is 5.32 Å². The van der Waals surface area contributed by atoms with E-state index in [0.717, 1.165) is 0 Å². The minimum absolute atomic E-state index is 0.140. The van der Waals surface area contributed by atoms with E-state index in [2.05, 4.69) is 15.4 Å². The number of carbonyl (C=O) groups excluding carboxylic acids is 1. The predicted molar refractivity (Wildman–Crippen MR) is 103 cm³/mol. The van der Waals surface area contributed by atoms with E-state index in [1.54, 1.807) is 31.2 Å². The van der Waals surface area contributed by atoms with Crippen LogP contribution >= 0.6 is 0 Å². The number of rotatable bonds is 6. The molecule has 0 saturated carbocycles. The van der Waals surface area contributed by atoms with Crippen LogP contribution in [0.25, 0.3) is 22.3 Å². The largest absolute Gasteiger partial charge is 0.467 e. The molecule has 8 heteroatoms. The Morgan fingerprint density at radius 3 is 2.69 bits per heavy atom. The predicted octanol–water partition coefficient (Wildman–Crippen LogP) is 4.25.